The van der Waals surface area contributed by atoms with Crippen molar-refractivity contribution in [2.24, 2.45) is 17.2 Å². The highest BCUT2D eigenvalue weighted by Crippen LogP contribution is 1.97. The predicted octanol–water partition coefficient (Wildman–Crippen LogP) is -2.98. The van der Waals surface area contributed by atoms with Crippen LogP contribution >= 0.6 is 0 Å². The Morgan fingerprint density at radius 2 is 1.67 bits per heavy atom. The van der Waals surface area contributed by atoms with E-state index in [4.69, 9.17) is 22.3 Å². The van der Waals surface area contributed by atoms with E-state index < -0.39 is 42.2 Å². The Hall–Kier alpha value is -2.16. The summed E-state index contributed by atoms with van der Waals surface area (Å²) in [6.07, 6.45) is -0.643. The molecular weight excluding hydrogens is 244 g/mol. The summed E-state index contributed by atoms with van der Waals surface area (Å²) in [6, 6.07) is -2.51. The zero-order valence-corrected chi connectivity index (χ0v) is 9.59. The second-order valence-electron chi connectivity index (χ2n) is 3.68. The van der Waals surface area contributed by atoms with Gasteiger partial charge >= 0.3 is 5.97 Å². The number of nitrogens with two attached hydrogens (primary N) is 3. The minimum Gasteiger partial charge on any atom is -0.480 e. The Kier molecular flexibility index (Phi) is 6.35. The maximum absolute atomic E-state index is 11.4. The van der Waals surface area contributed by atoms with Gasteiger partial charge in [0, 0.05) is 6.42 Å². The summed E-state index contributed by atoms with van der Waals surface area (Å²) in [5, 5.41) is 10.8. The first-order valence-electron chi connectivity index (χ1n) is 5.09. The normalized spacial score (nSPS) is 13.4. The van der Waals surface area contributed by atoms with E-state index >= 15 is 0 Å². The van der Waals surface area contributed by atoms with Crippen LogP contribution in [0, 0.1) is 0 Å². The maximum Gasteiger partial charge on any atom is 0.326 e. The average molecular weight is 260 g/mol. The molecule has 0 radical (unpaired) electrons. The molecule has 0 aliphatic rings. The van der Waals surface area contributed by atoms with Crippen molar-refractivity contribution in [3.63, 3.8) is 0 Å². The molecule has 0 saturated heterocycles. The quantitative estimate of drug-likeness (QED) is 0.310. The number of rotatable bonds is 8. The molecule has 9 nitrogen and oxygen atoms in total. The lowest BCUT2D eigenvalue weighted by Gasteiger charge is -2.16. The number of primary amides is 2. The monoisotopic (exact) mass is 260 g/mol. The second-order valence-corrected chi connectivity index (χ2v) is 3.68. The van der Waals surface area contributed by atoms with Crippen LogP contribution in [0.15, 0.2) is 0 Å². The highest BCUT2D eigenvalue weighted by molar-refractivity contribution is 5.90. The van der Waals surface area contributed by atoms with E-state index in [-0.39, 0.29) is 12.8 Å². The lowest BCUT2D eigenvalue weighted by atomic mass is 10.1. The van der Waals surface area contributed by atoms with Crippen LogP contribution in [0.1, 0.15) is 19.3 Å². The summed E-state index contributed by atoms with van der Waals surface area (Å²) in [4.78, 5) is 43.2. The van der Waals surface area contributed by atoms with E-state index in [0.717, 1.165) is 0 Å². The molecule has 0 rings (SSSR count). The maximum atomic E-state index is 11.4. The molecule has 2 atom stereocenters. The van der Waals surface area contributed by atoms with Crippen LogP contribution in [0.4, 0.5) is 0 Å². The third kappa shape index (κ3) is 6.43. The van der Waals surface area contributed by atoms with Gasteiger partial charge < -0.3 is 27.6 Å². The summed E-state index contributed by atoms with van der Waals surface area (Å²) >= 11 is 0. The van der Waals surface area contributed by atoms with E-state index in [1.165, 1.54) is 0 Å². The van der Waals surface area contributed by atoms with Gasteiger partial charge in [0.25, 0.3) is 0 Å². The van der Waals surface area contributed by atoms with Gasteiger partial charge in [-0.3, -0.25) is 14.4 Å². The third-order valence-corrected chi connectivity index (χ3v) is 2.06. The van der Waals surface area contributed by atoms with Crippen LogP contribution in [0.2, 0.25) is 0 Å². The first-order valence-corrected chi connectivity index (χ1v) is 5.09. The molecule has 0 aromatic heterocycles. The second kappa shape index (κ2) is 7.22. The number of carboxylic acids is 1. The SMILES string of the molecule is NC(=O)CCC(N)C(=O)N[C@@H](CC(N)=O)C(=O)O. The molecule has 0 aromatic rings. The minimum atomic E-state index is -1.44. The van der Waals surface area contributed by atoms with E-state index in [0.29, 0.717) is 0 Å². The van der Waals surface area contributed by atoms with Gasteiger partial charge in [-0.1, -0.05) is 0 Å². The average Bonchev–Trinajstić information content (AvgIpc) is 2.23. The molecule has 9 heteroatoms. The fourth-order valence-electron chi connectivity index (χ4n) is 1.11. The first kappa shape index (κ1) is 15.8. The number of hydrogen-bond donors (Lipinski definition) is 5. The fourth-order valence-corrected chi connectivity index (χ4v) is 1.11. The predicted molar refractivity (Wildman–Crippen MR) is 59.8 cm³/mol. The van der Waals surface area contributed by atoms with Gasteiger partial charge in [0.2, 0.25) is 17.7 Å². The Morgan fingerprint density at radius 1 is 1.11 bits per heavy atom. The molecule has 18 heavy (non-hydrogen) atoms. The zero-order chi connectivity index (χ0) is 14.3. The Balaban J connectivity index is 4.36. The summed E-state index contributed by atoms with van der Waals surface area (Å²) in [5.41, 5.74) is 15.1. The number of carbonyl (C=O) groups excluding carboxylic acids is 3. The summed E-state index contributed by atoms with van der Waals surface area (Å²) in [6.45, 7) is 0. The van der Waals surface area contributed by atoms with Crippen molar-refractivity contribution in [3.05, 3.63) is 0 Å². The number of hydrogen-bond acceptors (Lipinski definition) is 5. The summed E-state index contributed by atoms with van der Waals surface area (Å²) in [7, 11) is 0. The number of carboxylic acid groups (broad SMARTS) is 1. The number of aliphatic carboxylic acids is 1. The number of amides is 3. The van der Waals surface area contributed by atoms with Crippen LogP contribution in [0.5, 0.6) is 0 Å². The molecule has 0 aliphatic heterocycles. The van der Waals surface area contributed by atoms with E-state index in [2.05, 4.69) is 5.32 Å². The standard InChI is InChI=1S/C9H16N4O5/c10-4(1-2-6(11)14)8(16)13-5(9(17)18)3-7(12)15/h4-5H,1-3,10H2,(H2,11,14)(H2,12,15)(H,13,16)(H,17,18)/t4?,5-/m0/s1. The smallest absolute Gasteiger partial charge is 0.326 e. The lowest BCUT2D eigenvalue weighted by Crippen LogP contribution is -2.49. The van der Waals surface area contributed by atoms with Gasteiger partial charge in [0.05, 0.1) is 12.5 Å². The van der Waals surface area contributed by atoms with Crippen LogP contribution in [-0.4, -0.2) is 40.9 Å². The topological polar surface area (TPSA) is 179 Å². The van der Waals surface area contributed by atoms with Crippen LogP contribution in [0.25, 0.3) is 0 Å². The van der Waals surface area contributed by atoms with Gasteiger partial charge in [-0.15, -0.1) is 0 Å². The molecular formula is C9H16N4O5. The van der Waals surface area contributed by atoms with E-state index in [1.54, 1.807) is 0 Å². The fraction of sp³-hybridized carbons (Fsp3) is 0.556. The molecule has 0 fully saturated rings. The zero-order valence-electron chi connectivity index (χ0n) is 9.59. The minimum absolute atomic E-state index is 0.00984. The van der Waals surface area contributed by atoms with Gasteiger partial charge in [0.15, 0.2) is 0 Å². The molecule has 1 unspecified atom stereocenters. The van der Waals surface area contributed by atoms with Crippen molar-refractivity contribution in [1.29, 1.82) is 0 Å². The Bertz CT molecular complexity index is 357. The summed E-state index contributed by atoms with van der Waals surface area (Å²) in [5.74, 6) is -3.67. The highest BCUT2D eigenvalue weighted by atomic mass is 16.4. The number of nitrogens with one attached hydrogen (secondary N) is 1. The molecule has 0 aliphatic carbocycles. The van der Waals surface area contributed by atoms with Crippen LogP contribution in [-0.2, 0) is 19.2 Å². The Labute approximate surface area is 103 Å². The molecule has 0 aromatic carbocycles. The van der Waals surface area contributed by atoms with Crippen molar-refractivity contribution in [1.82, 2.24) is 5.32 Å². The van der Waals surface area contributed by atoms with Gasteiger partial charge in [-0.25, -0.2) is 4.79 Å². The van der Waals surface area contributed by atoms with Crippen molar-refractivity contribution in [3.8, 4) is 0 Å². The number of carbonyl (C=O) groups is 4. The van der Waals surface area contributed by atoms with Gasteiger partial charge in [-0.2, -0.15) is 0 Å². The van der Waals surface area contributed by atoms with Crippen molar-refractivity contribution in [2.45, 2.75) is 31.3 Å². The molecule has 0 saturated carbocycles. The van der Waals surface area contributed by atoms with Gasteiger partial charge in [-0.05, 0) is 6.42 Å². The van der Waals surface area contributed by atoms with Crippen LogP contribution in [0.3, 0.4) is 0 Å². The van der Waals surface area contributed by atoms with E-state index in [1.807, 2.05) is 0 Å². The van der Waals surface area contributed by atoms with Crippen molar-refractivity contribution < 1.29 is 24.3 Å². The molecule has 102 valence electrons. The third-order valence-electron chi connectivity index (χ3n) is 2.06. The summed E-state index contributed by atoms with van der Waals surface area (Å²) < 4.78 is 0. The molecule has 0 bridgehead atoms. The first-order chi connectivity index (χ1) is 8.23. The Morgan fingerprint density at radius 3 is 2.06 bits per heavy atom. The van der Waals surface area contributed by atoms with E-state index in [9.17, 15) is 19.2 Å². The highest BCUT2D eigenvalue weighted by Gasteiger charge is 2.24. The molecule has 3 amide bonds. The molecule has 0 spiro atoms. The van der Waals surface area contributed by atoms with Gasteiger partial charge in [0.1, 0.15) is 6.04 Å². The largest absolute Gasteiger partial charge is 0.480 e. The van der Waals surface area contributed by atoms with Crippen molar-refractivity contribution >= 4 is 23.7 Å². The van der Waals surface area contributed by atoms with Crippen LogP contribution < -0.4 is 22.5 Å². The van der Waals surface area contributed by atoms with Crippen molar-refractivity contribution in [2.75, 3.05) is 0 Å². The molecule has 8 N–H and O–H groups in total. The molecule has 0 heterocycles. The lowest BCUT2D eigenvalue weighted by molar-refractivity contribution is -0.143.